The van der Waals surface area contributed by atoms with Crippen LogP contribution in [0.5, 0.6) is 0 Å². The van der Waals surface area contributed by atoms with Gasteiger partial charge >= 0.3 is 0 Å². The highest BCUT2D eigenvalue weighted by atomic mass is 35.5. The molecule has 0 heterocycles. The van der Waals surface area contributed by atoms with E-state index < -0.39 is 0 Å². The summed E-state index contributed by atoms with van der Waals surface area (Å²) in [5.41, 5.74) is 0.709. The highest BCUT2D eigenvalue weighted by molar-refractivity contribution is 6.30. The average Bonchev–Trinajstić information content (AvgIpc) is 1.99. The van der Waals surface area contributed by atoms with Crippen molar-refractivity contribution < 1.29 is 9.18 Å². The van der Waals surface area contributed by atoms with E-state index >= 15 is 0 Å². The van der Waals surface area contributed by atoms with E-state index in [0.29, 0.717) is 17.0 Å². The van der Waals surface area contributed by atoms with Crippen LogP contribution in [0, 0.1) is 5.82 Å². The van der Waals surface area contributed by atoms with Crippen molar-refractivity contribution in [3.63, 3.8) is 0 Å². The summed E-state index contributed by atoms with van der Waals surface area (Å²) in [5, 5.41) is 0.356. The van der Waals surface area contributed by atoms with E-state index in [1.807, 2.05) is 0 Å². The molecular formula is C10H8ClFO. The maximum absolute atomic E-state index is 12.9. The Kier molecular flexibility index (Phi) is 2.08. The zero-order valence-electron chi connectivity index (χ0n) is 6.89. The molecule has 0 radical (unpaired) electrons. The van der Waals surface area contributed by atoms with E-state index in [1.54, 1.807) is 6.07 Å². The average molecular weight is 199 g/mol. The topological polar surface area (TPSA) is 17.1 Å². The number of hydrogen-bond acceptors (Lipinski definition) is 1. The molecule has 1 atom stereocenters. The van der Waals surface area contributed by atoms with E-state index in [0.717, 1.165) is 6.42 Å². The number of rotatable bonds is 1. The number of Topliss-reactive ketones (excluding diaryl/α,β-unsaturated/α-hetero) is 1. The van der Waals surface area contributed by atoms with Gasteiger partial charge in [0.05, 0.1) is 0 Å². The Bertz CT molecular complexity index is 342. The fourth-order valence-electron chi connectivity index (χ4n) is 1.54. The van der Waals surface area contributed by atoms with Gasteiger partial charge in [-0.1, -0.05) is 11.6 Å². The molecular weight excluding hydrogens is 191 g/mol. The monoisotopic (exact) mass is 198 g/mol. The molecule has 1 unspecified atom stereocenters. The summed E-state index contributed by atoms with van der Waals surface area (Å²) in [6.45, 7) is 0. The maximum Gasteiger partial charge on any atom is 0.140 e. The van der Waals surface area contributed by atoms with Crippen LogP contribution in [-0.2, 0) is 4.79 Å². The molecule has 0 amide bonds. The SMILES string of the molecule is O=C1CCC1c1cc(F)cc(Cl)c1. The Morgan fingerprint density at radius 1 is 1.38 bits per heavy atom. The Morgan fingerprint density at radius 2 is 2.15 bits per heavy atom. The van der Waals surface area contributed by atoms with Crippen molar-refractivity contribution in [1.82, 2.24) is 0 Å². The van der Waals surface area contributed by atoms with E-state index in [4.69, 9.17) is 11.6 Å². The van der Waals surface area contributed by atoms with Gasteiger partial charge in [-0.05, 0) is 30.2 Å². The normalized spacial score (nSPS) is 21.4. The molecule has 0 aromatic heterocycles. The lowest BCUT2D eigenvalue weighted by Crippen LogP contribution is -2.23. The fraction of sp³-hybridized carbons (Fsp3) is 0.300. The zero-order valence-corrected chi connectivity index (χ0v) is 7.64. The Balaban J connectivity index is 2.34. The lowest BCUT2D eigenvalue weighted by molar-refractivity contribution is -0.125. The van der Waals surface area contributed by atoms with Gasteiger partial charge in [0.25, 0.3) is 0 Å². The minimum absolute atomic E-state index is 0.117. The zero-order chi connectivity index (χ0) is 9.42. The summed E-state index contributed by atoms with van der Waals surface area (Å²) in [7, 11) is 0. The van der Waals surface area contributed by atoms with Crippen molar-refractivity contribution in [3.05, 3.63) is 34.6 Å². The van der Waals surface area contributed by atoms with Crippen LogP contribution in [0.25, 0.3) is 0 Å². The molecule has 1 fully saturated rings. The standard InChI is InChI=1S/C10H8ClFO/c11-7-3-6(4-8(12)5-7)9-1-2-10(9)13/h3-5,9H,1-2H2. The maximum atomic E-state index is 12.9. The summed E-state index contributed by atoms with van der Waals surface area (Å²) in [5.74, 6) is -0.308. The third-order valence-corrected chi connectivity index (χ3v) is 2.57. The number of halogens is 2. The quantitative estimate of drug-likeness (QED) is 0.678. The van der Waals surface area contributed by atoms with Crippen molar-refractivity contribution in [1.29, 1.82) is 0 Å². The fourth-order valence-corrected chi connectivity index (χ4v) is 1.77. The largest absolute Gasteiger partial charge is 0.299 e. The Morgan fingerprint density at radius 3 is 2.62 bits per heavy atom. The minimum atomic E-state index is -0.373. The molecule has 1 aromatic rings. The van der Waals surface area contributed by atoms with Crippen LogP contribution in [0.2, 0.25) is 5.02 Å². The van der Waals surface area contributed by atoms with Crippen molar-refractivity contribution >= 4 is 17.4 Å². The number of carbonyl (C=O) groups excluding carboxylic acids is 1. The number of benzene rings is 1. The predicted molar refractivity (Wildman–Crippen MR) is 48.4 cm³/mol. The van der Waals surface area contributed by atoms with Gasteiger partial charge in [-0.15, -0.1) is 0 Å². The molecule has 13 heavy (non-hydrogen) atoms. The van der Waals surface area contributed by atoms with Crippen LogP contribution in [-0.4, -0.2) is 5.78 Å². The first-order valence-electron chi connectivity index (χ1n) is 4.15. The summed E-state index contributed by atoms with van der Waals surface area (Å²) in [6.07, 6.45) is 1.43. The molecule has 1 aliphatic rings. The molecule has 0 aliphatic heterocycles. The van der Waals surface area contributed by atoms with Crippen LogP contribution < -0.4 is 0 Å². The summed E-state index contributed by atoms with van der Waals surface area (Å²) >= 11 is 5.67. The Hall–Kier alpha value is -0.890. The molecule has 1 aromatic carbocycles. The molecule has 1 saturated carbocycles. The number of ketones is 1. The summed E-state index contributed by atoms with van der Waals surface area (Å²) < 4.78 is 12.9. The molecule has 1 nitrogen and oxygen atoms in total. The second kappa shape index (κ2) is 3.11. The van der Waals surface area contributed by atoms with Gasteiger partial charge in [0.1, 0.15) is 11.6 Å². The first kappa shape index (κ1) is 8.70. The van der Waals surface area contributed by atoms with E-state index in [2.05, 4.69) is 0 Å². The van der Waals surface area contributed by atoms with Gasteiger partial charge in [-0.2, -0.15) is 0 Å². The minimum Gasteiger partial charge on any atom is -0.299 e. The van der Waals surface area contributed by atoms with Gasteiger partial charge in [0.2, 0.25) is 0 Å². The number of hydrogen-bond donors (Lipinski definition) is 0. The molecule has 0 N–H and O–H groups in total. The van der Waals surface area contributed by atoms with Crippen molar-refractivity contribution in [2.24, 2.45) is 0 Å². The van der Waals surface area contributed by atoms with Gasteiger partial charge in [0, 0.05) is 17.4 Å². The second-order valence-corrected chi connectivity index (χ2v) is 3.70. The van der Waals surface area contributed by atoms with E-state index in [1.165, 1.54) is 12.1 Å². The van der Waals surface area contributed by atoms with E-state index in [-0.39, 0.29) is 17.5 Å². The Labute approximate surface area is 80.5 Å². The predicted octanol–water partition coefficient (Wildman–Crippen LogP) is 2.93. The lowest BCUT2D eigenvalue weighted by Gasteiger charge is -2.24. The van der Waals surface area contributed by atoms with E-state index in [9.17, 15) is 9.18 Å². The molecule has 3 heteroatoms. The summed E-state index contributed by atoms with van der Waals surface area (Å²) in [4.78, 5) is 11.1. The lowest BCUT2D eigenvalue weighted by atomic mass is 9.79. The van der Waals surface area contributed by atoms with Gasteiger partial charge in [0.15, 0.2) is 0 Å². The van der Waals surface area contributed by atoms with Crippen molar-refractivity contribution in [2.75, 3.05) is 0 Å². The third-order valence-electron chi connectivity index (χ3n) is 2.36. The van der Waals surface area contributed by atoms with Crippen LogP contribution in [0.15, 0.2) is 18.2 Å². The molecule has 2 rings (SSSR count). The molecule has 68 valence electrons. The molecule has 0 spiro atoms. The van der Waals surface area contributed by atoms with Gasteiger partial charge < -0.3 is 0 Å². The number of carbonyl (C=O) groups is 1. The highest BCUT2D eigenvalue weighted by Crippen LogP contribution is 2.34. The van der Waals surface area contributed by atoms with Crippen LogP contribution in [0.4, 0.5) is 4.39 Å². The third kappa shape index (κ3) is 1.59. The second-order valence-electron chi connectivity index (χ2n) is 3.26. The molecule has 0 saturated heterocycles. The molecule has 0 bridgehead atoms. The first-order chi connectivity index (χ1) is 6.16. The highest BCUT2D eigenvalue weighted by Gasteiger charge is 2.29. The van der Waals surface area contributed by atoms with Crippen molar-refractivity contribution in [2.45, 2.75) is 18.8 Å². The van der Waals surface area contributed by atoms with Gasteiger partial charge in [-0.25, -0.2) is 4.39 Å². The van der Waals surface area contributed by atoms with Crippen LogP contribution >= 0.6 is 11.6 Å². The smallest absolute Gasteiger partial charge is 0.140 e. The summed E-state index contributed by atoms with van der Waals surface area (Å²) in [6, 6.07) is 4.29. The van der Waals surface area contributed by atoms with Crippen molar-refractivity contribution in [3.8, 4) is 0 Å². The first-order valence-corrected chi connectivity index (χ1v) is 4.53. The van der Waals surface area contributed by atoms with Gasteiger partial charge in [-0.3, -0.25) is 4.79 Å². The van der Waals surface area contributed by atoms with Crippen LogP contribution in [0.1, 0.15) is 24.3 Å². The molecule has 1 aliphatic carbocycles. The van der Waals surface area contributed by atoms with Crippen LogP contribution in [0.3, 0.4) is 0 Å².